The lowest BCUT2D eigenvalue weighted by Crippen LogP contribution is -2.28. The Balaban J connectivity index is 1.87. The van der Waals surface area contributed by atoms with E-state index >= 15 is 0 Å². The molecule has 144 valence electrons. The molecule has 0 saturated heterocycles. The van der Waals surface area contributed by atoms with Gasteiger partial charge < -0.3 is 10.1 Å². The predicted molar refractivity (Wildman–Crippen MR) is 112 cm³/mol. The Morgan fingerprint density at radius 1 is 1.12 bits per heavy atom. The minimum atomic E-state index is 0.118. The van der Waals surface area contributed by atoms with Gasteiger partial charge in [-0.3, -0.25) is 0 Å². The second kappa shape index (κ2) is 8.17. The number of fused-ring (bicyclic) bond motifs is 3. The average molecular weight is 356 g/mol. The van der Waals surface area contributed by atoms with Gasteiger partial charge in [-0.1, -0.05) is 65.4 Å². The molecular formula is C24H37NO. The maximum absolute atomic E-state index is 9.55. The molecule has 0 fully saturated rings. The third-order valence-corrected chi connectivity index (χ3v) is 6.62. The van der Waals surface area contributed by atoms with Crippen LogP contribution in [0.3, 0.4) is 0 Å². The van der Waals surface area contributed by atoms with Crippen LogP contribution in [-0.2, 0) is 13.0 Å². The molecular weight excluding hydrogens is 318 g/mol. The molecule has 26 heavy (non-hydrogen) atoms. The van der Waals surface area contributed by atoms with E-state index in [1.165, 1.54) is 73.5 Å². The largest absolute Gasteiger partial charge is 0.392 e. The number of hydrogen-bond acceptors (Lipinski definition) is 1. The van der Waals surface area contributed by atoms with Gasteiger partial charge in [-0.05, 0) is 60.3 Å². The number of aliphatic hydroxyl groups is 1. The van der Waals surface area contributed by atoms with Crippen molar-refractivity contribution >= 4 is 10.9 Å². The van der Waals surface area contributed by atoms with Crippen LogP contribution in [0.15, 0.2) is 12.1 Å². The normalized spacial score (nSPS) is 19.0. The maximum atomic E-state index is 9.55. The molecule has 1 aliphatic rings. The molecule has 1 aromatic carbocycles. The highest BCUT2D eigenvalue weighted by molar-refractivity contribution is 5.89. The molecule has 0 aliphatic heterocycles. The topological polar surface area (TPSA) is 36.0 Å². The molecule has 1 heterocycles. The number of H-pyrrole nitrogens is 1. The Morgan fingerprint density at radius 2 is 1.85 bits per heavy atom. The van der Waals surface area contributed by atoms with Gasteiger partial charge in [0.1, 0.15) is 0 Å². The summed E-state index contributed by atoms with van der Waals surface area (Å²) in [5.74, 6) is 0.643. The molecule has 1 aliphatic carbocycles. The summed E-state index contributed by atoms with van der Waals surface area (Å²) in [6.07, 6.45) is 11.9. The molecule has 2 N–H and O–H groups in total. The number of aromatic nitrogens is 1. The van der Waals surface area contributed by atoms with Crippen molar-refractivity contribution in [2.45, 2.75) is 98.0 Å². The molecule has 1 aromatic heterocycles. The standard InChI is InChI=1S/C24H37NO/c1-5-6-7-8-9-10-11-19-23-20(12-13-24(19,3)4)25-21-15-18(16-26)14-17(2)22(21)23/h14-15,19,25-26H,5-13,16H2,1-4H3. The van der Waals surface area contributed by atoms with E-state index in [0.29, 0.717) is 11.3 Å². The highest BCUT2D eigenvalue weighted by Gasteiger charge is 2.37. The van der Waals surface area contributed by atoms with Crippen LogP contribution in [0, 0.1) is 12.3 Å². The van der Waals surface area contributed by atoms with Gasteiger partial charge in [0.25, 0.3) is 0 Å². The van der Waals surface area contributed by atoms with Crippen LogP contribution in [0.1, 0.15) is 100 Å². The van der Waals surface area contributed by atoms with Crippen LogP contribution >= 0.6 is 0 Å². The third-order valence-electron chi connectivity index (χ3n) is 6.62. The van der Waals surface area contributed by atoms with Gasteiger partial charge in [-0.25, -0.2) is 0 Å². The number of rotatable bonds is 8. The van der Waals surface area contributed by atoms with Crippen LogP contribution in [0.25, 0.3) is 10.9 Å². The van der Waals surface area contributed by atoms with Crippen LogP contribution in [-0.4, -0.2) is 10.1 Å². The fourth-order valence-corrected chi connectivity index (χ4v) is 5.05. The molecule has 0 bridgehead atoms. The minimum Gasteiger partial charge on any atom is -0.392 e. The van der Waals surface area contributed by atoms with E-state index in [0.717, 1.165) is 12.0 Å². The first kappa shape index (κ1) is 19.5. The predicted octanol–water partition coefficient (Wildman–Crippen LogP) is 6.78. The summed E-state index contributed by atoms with van der Waals surface area (Å²) in [7, 11) is 0. The number of benzene rings is 1. The van der Waals surface area contributed by atoms with E-state index in [1.807, 2.05) is 0 Å². The monoisotopic (exact) mass is 355 g/mol. The molecule has 0 saturated carbocycles. The lowest BCUT2D eigenvalue weighted by Gasteiger charge is -2.39. The van der Waals surface area contributed by atoms with Gasteiger partial charge >= 0.3 is 0 Å². The lowest BCUT2D eigenvalue weighted by molar-refractivity contribution is 0.229. The molecule has 2 nitrogen and oxygen atoms in total. The Kier molecular flexibility index (Phi) is 6.12. The van der Waals surface area contributed by atoms with E-state index in [-0.39, 0.29) is 6.61 Å². The van der Waals surface area contributed by atoms with Gasteiger partial charge in [-0.2, -0.15) is 0 Å². The van der Waals surface area contributed by atoms with Gasteiger partial charge in [0.2, 0.25) is 0 Å². The van der Waals surface area contributed by atoms with Crippen LogP contribution in [0.2, 0.25) is 0 Å². The highest BCUT2D eigenvalue weighted by atomic mass is 16.3. The third kappa shape index (κ3) is 3.86. The van der Waals surface area contributed by atoms with Gasteiger partial charge in [0.15, 0.2) is 0 Å². The van der Waals surface area contributed by atoms with Crippen molar-refractivity contribution in [2.75, 3.05) is 0 Å². The van der Waals surface area contributed by atoms with Crippen LogP contribution in [0.4, 0.5) is 0 Å². The summed E-state index contributed by atoms with van der Waals surface area (Å²) in [6, 6.07) is 4.31. The van der Waals surface area contributed by atoms with E-state index in [9.17, 15) is 5.11 Å². The summed E-state index contributed by atoms with van der Waals surface area (Å²) >= 11 is 0. The molecule has 0 amide bonds. The Morgan fingerprint density at radius 3 is 2.58 bits per heavy atom. The molecule has 3 rings (SSSR count). The molecule has 0 spiro atoms. The zero-order valence-corrected chi connectivity index (χ0v) is 17.3. The SMILES string of the molecule is CCCCCCCCC1c2c([nH]c3cc(CO)cc(C)c23)CCC1(C)C. The second-order valence-electron chi connectivity index (χ2n) is 9.11. The molecule has 1 unspecified atom stereocenters. The fraction of sp³-hybridized carbons (Fsp3) is 0.667. The van der Waals surface area contributed by atoms with Crippen molar-refractivity contribution in [1.82, 2.24) is 4.98 Å². The summed E-state index contributed by atoms with van der Waals surface area (Å²) in [4.78, 5) is 3.71. The van der Waals surface area contributed by atoms with Crippen molar-refractivity contribution in [3.63, 3.8) is 0 Å². The van der Waals surface area contributed by atoms with Crippen molar-refractivity contribution in [1.29, 1.82) is 0 Å². The number of unbranched alkanes of at least 4 members (excludes halogenated alkanes) is 5. The maximum Gasteiger partial charge on any atom is 0.0682 e. The van der Waals surface area contributed by atoms with Crippen molar-refractivity contribution in [3.8, 4) is 0 Å². The summed E-state index contributed by atoms with van der Waals surface area (Å²) in [6.45, 7) is 9.54. The molecule has 2 aromatic rings. The van der Waals surface area contributed by atoms with Crippen molar-refractivity contribution in [2.24, 2.45) is 5.41 Å². The van der Waals surface area contributed by atoms with Gasteiger partial charge in [0, 0.05) is 16.6 Å². The molecule has 2 heteroatoms. The van der Waals surface area contributed by atoms with Crippen molar-refractivity contribution in [3.05, 3.63) is 34.5 Å². The summed E-state index contributed by atoms with van der Waals surface area (Å²) in [5.41, 5.74) is 6.97. The van der Waals surface area contributed by atoms with Gasteiger partial charge in [0.05, 0.1) is 6.61 Å². The number of aryl methyl sites for hydroxylation is 2. The van der Waals surface area contributed by atoms with E-state index in [2.05, 4.69) is 44.8 Å². The number of nitrogens with one attached hydrogen (secondary N) is 1. The number of hydrogen-bond donors (Lipinski definition) is 2. The fourth-order valence-electron chi connectivity index (χ4n) is 5.05. The average Bonchev–Trinajstić information content (AvgIpc) is 2.98. The lowest BCUT2D eigenvalue weighted by atomic mass is 9.65. The Labute approximate surface area is 159 Å². The zero-order valence-electron chi connectivity index (χ0n) is 17.3. The molecule has 0 radical (unpaired) electrons. The zero-order chi connectivity index (χ0) is 18.7. The Bertz CT molecular complexity index is 740. The van der Waals surface area contributed by atoms with E-state index < -0.39 is 0 Å². The first-order chi connectivity index (χ1) is 12.5. The van der Waals surface area contributed by atoms with E-state index in [1.54, 1.807) is 5.56 Å². The minimum absolute atomic E-state index is 0.118. The van der Waals surface area contributed by atoms with Gasteiger partial charge in [-0.15, -0.1) is 0 Å². The van der Waals surface area contributed by atoms with Crippen LogP contribution in [0.5, 0.6) is 0 Å². The van der Waals surface area contributed by atoms with Crippen LogP contribution < -0.4 is 0 Å². The molecule has 1 atom stereocenters. The second-order valence-corrected chi connectivity index (χ2v) is 9.11. The first-order valence-electron chi connectivity index (χ1n) is 10.7. The summed E-state index contributed by atoms with van der Waals surface area (Å²) in [5, 5.41) is 11.0. The van der Waals surface area contributed by atoms with E-state index in [4.69, 9.17) is 0 Å². The van der Waals surface area contributed by atoms with Crippen molar-refractivity contribution < 1.29 is 5.11 Å². The highest BCUT2D eigenvalue weighted by Crippen LogP contribution is 2.50. The Hall–Kier alpha value is -1.28. The number of aromatic amines is 1. The quantitative estimate of drug-likeness (QED) is 0.503. The smallest absolute Gasteiger partial charge is 0.0682 e. The first-order valence-corrected chi connectivity index (χ1v) is 10.7. The summed E-state index contributed by atoms with van der Waals surface area (Å²) < 4.78 is 0. The number of aliphatic hydroxyl groups excluding tert-OH is 1.